The van der Waals surface area contributed by atoms with Crippen molar-refractivity contribution in [2.45, 2.75) is 32.4 Å². The van der Waals surface area contributed by atoms with Gasteiger partial charge in [0.25, 0.3) is 5.56 Å². The lowest BCUT2D eigenvalue weighted by molar-refractivity contribution is 0.603. The summed E-state index contributed by atoms with van der Waals surface area (Å²) in [6, 6.07) is 0.333. The number of nitrogens with two attached hydrogens (primary N) is 1. The number of aromatic nitrogens is 2. The topological polar surface area (TPSA) is 83.8 Å². The minimum Gasteiger partial charge on any atom is -0.366 e. The molecule has 1 rings (SSSR count). The molecule has 1 aromatic heterocycles. The Kier molecular flexibility index (Phi) is 4.52. The van der Waals surface area contributed by atoms with Crippen LogP contribution in [0.1, 0.15) is 20.3 Å². The quantitative estimate of drug-likeness (QED) is 0.720. The Morgan fingerprint density at radius 2 is 2.33 bits per heavy atom. The second-order valence-corrected chi connectivity index (χ2v) is 4.73. The van der Waals surface area contributed by atoms with Gasteiger partial charge < -0.3 is 16.0 Å². The number of nitrogens with zero attached hydrogens (tertiary/aromatic N) is 1. The first-order valence-electron chi connectivity index (χ1n) is 4.76. The molecular weight excluding hydrogens is 307 g/mol. The highest BCUT2D eigenvalue weighted by atomic mass is 127. The summed E-state index contributed by atoms with van der Waals surface area (Å²) in [4.78, 5) is 17.9. The molecule has 0 spiro atoms. The predicted octanol–water partition coefficient (Wildman–Crippen LogP) is 0.912. The van der Waals surface area contributed by atoms with Crippen LogP contribution in [0.15, 0.2) is 11.1 Å². The molecule has 0 aliphatic heterocycles. The van der Waals surface area contributed by atoms with E-state index in [-0.39, 0.29) is 17.6 Å². The van der Waals surface area contributed by atoms with Crippen LogP contribution in [0, 0.1) is 3.57 Å². The third kappa shape index (κ3) is 3.78. The van der Waals surface area contributed by atoms with Crippen molar-refractivity contribution in [3.05, 3.63) is 20.3 Å². The van der Waals surface area contributed by atoms with Crippen molar-refractivity contribution in [3.8, 4) is 0 Å². The lowest BCUT2D eigenvalue weighted by Crippen LogP contribution is -2.27. The van der Waals surface area contributed by atoms with Crippen LogP contribution in [-0.2, 0) is 0 Å². The van der Waals surface area contributed by atoms with Crippen molar-refractivity contribution >= 4 is 28.4 Å². The zero-order valence-electron chi connectivity index (χ0n) is 8.75. The van der Waals surface area contributed by atoms with Crippen LogP contribution in [0.25, 0.3) is 0 Å². The van der Waals surface area contributed by atoms with Gasteiger partial charge in [-0.3, -0.25) is 4.79 Å². The molecular formula is C9H15IN4O. The molecule has 0 saturated carbocycles. The smallest absolute Gasteiger partial charge is 0.266 e. The van der Waals surface area contributed by atoms with Crippen LogP contribution in [0.2, 0.25) is 0 Å². The summed E-state index contributed by atoms with van der Waals surface area (Å²) in [7, 11) is 0. The zero-order valence-corrected chi connectivity index (χ0v) is 10.9. The Morgan fingerprint density at radius 3 is 2.93 bits per heavy atom. The fourth-order valence-electron chi connectivity index (χ4n) is 1.33. The van der Waals surface area contributed by atoms with Gasteiger partial charge in [-0.1, -0.05) is 0 Å². The molecule has 0 saturated heterocycles. The molecule has 1 aromatic rings. The van der Waals surface area contributed by atoms with E-state index < -0.39 is 0 Å². The second kappa shape index (κ2) is 5.45. The zero-order chi connectivity index (χ0) is 11.4. The summed E-state index contributed by atoms with van der Waals surface area (Å²) in [6.45, 7) is 3.97. The van der Waals surface area contributed by atoms with Crippen LogP contribution >= 0.6 is 22.6 Å². The van der Waals surface area contributed by atoms with E-state index in [0.29, 0.717) is 9.39 Å². The van der Waals surface area contributed by atoms with Crippen LogP contribution < -0.4 is 16.6 Å². The molecule has 0 amide bonds. The van der Waals surface area contributed by atoms with Gasteiger partial charge >= 0.3 is 0 Å². The monoisotopic (exact) mass is 322 g/mol. The third-order valence-electron chi connectivity index (χ3n) is 1.91. The van der Waals surface area contributed by atoms with Gasteiger partial charge in [-0.25, -0.2) is 4.98 Å². The first-order valence-corrected chi connectivity index (χ1v) is 5.84. The van der Waals surface area contributed by atoms with E-state index in [9.17, 15) is 4.79 Å². The molecule has 0 radical (unpaired) electrons. The molecule has 1 heterocycles. The highest BCUT2D eigenvalue weighted by Gasteiger charge is 2.09. The van der Waals surface area contributed by atoms with Crippen LogP contribution in [0.3, 0.4) is 0 Å². The summed E-state index contributed by atoms with van der Waals surface area (Å²) in [5, 5.41) is 3.16. The van der Waals surface area contributed by atoms with Crippen LogP contribution in [-0.4, -0.2) is 22.1 Å². The molecule has 0 aliphatic rings. The summed E-state index contributed by atoms with van der Waals surface area (Å²) in [5.74, 6) is 0.618. The molecule has 5 nitrogen and oxygen atoms in total. The van der Waals surface area contributed by atoms with Crippen LogP contribution in [0.5, 0.6) is 0 Å². The van der Waals surface area contributed by atoms with Crippen molar-refractivity contribution in [2.75, 3.05) is 5.32 Å². The standard InChI is InChI=1S/C9H15IN4O/c1-5(11)3-6(2)14-8-7(10)9(15)13-4-12-8/h4-6H,3,11H2,1-2H3,(H2,12,13,14,15). The van der Waals surface area contributed by atoms with Gasteiger partial charge in [0, 0.05) is 12.1 Å². The Labute approximate surface area is 102 Å². The number of nitrogens with one attached hydrogen (secondary N) is 2. The number of halogens is 1. The normalized spacial score (nSPS) is 14.7. The molecule has 0 aliphatic carbocycles. The highest BCUT2D eigenvalue weighted by Crippen LogP contribution is 2.11. The molecule has 6 heteroatoms. The van der Waals surface area contributed by atoms with Gasteiger partial charge in [0.1, 0.15) is 9.39 Å². The summed E-state index contributed by atoms with van der Waals surface area (Å²) >= 11 is 1.97. The number of aromatic amines is 1. The minimum absolute atomic E-state index is 0.124. The lowest BCUT2D eigenvalue weighted by atomic mass is 10.1. The molecule has 0 fully saturated rings. The third-order valence-corrected chi connectivity index (χ3v) is 2.91. The first kappa shape index (κ1) is 12.4. The number of hydrogen-bond acceptors (Lipinski definition) is 4. The van der Waals surface area contributed by atoms with Gasteiger partial charge in [-0.05, 0) is 42.9 Å². The van der Waals surface area contributed by atoms with Crippen molar-refractivity contribution < 1.29 is 0 Å². The Morgan fingerprint density at radius 1 is 1.67 bits per heavy atom. The van der Waals surface area contributed by atoms with Crippen molar-refractivity contribution in [3.63, 3.8) is 0 Å². The summed E-state index contributed by atoms with van der Waals surface area (Å²) < 4.78 is 0.576. The molecule has 15 heavy (non-hydrogen) atoms. The van der Waals surface area contributed by atoms with E-state index in [0.717, 1.165) is 6.42 Å². The van der Waals surface area contributed by atoms with E-state index in [2.05, 4.69) is 15.3 Å². The molecule has 0 bridgehead atoms. The molecule has 84 valence electrons. The van der Waals surface area contributed by atoms with Crippen molar-refractivity contribution in [2.24, 2.45) is 5.73 Å². The average molecular weight is 322 g/mol. The predicted molar refractivity (Wildman–Crippen MR) is 68.9 cm³/mol. The Bertz CT molecular complexity index is 377. The molecule has 0 aromatic carbocycles. The minimum atomic E-state index is -0.124. The van der Waals surface area contributed by atoms with Gasteiger partial charge in [0.15, 0.2) is 0 Å². The van der Waals surface area contributed by atoms with E-state index in [1.165, 1.54) is 6.33 Å². The van der Waals surface area contributed by atoms with Gasteiger partial charge in [-0.2, -0.15) is 0 Å². The summed E-state index contributed by atoms with van der Waals surface area (Å²) in [5.41, 5.74) is 5.56. The molecule has 4 N–H and O–H groups in total. The second-order valence-electron chi connectivity index (χ2n) is 3.65. The Hall–Kier alpha value is -0.630. The summed E-state index contributed by atoms with van der Waals surface area (Å²) in [6.07, 6.45) is 2.23. The van der Waals surface area contributed by atoms with E-state index in [1.807, 2.05) is 36.4 Å². The van der Waals surface area contributed by atoms with Crippen molar-refractivity contribution in [1.29, 1.82) is 0 Å². The number of rotatable bonds is 4. The number of hydrogen-bond donors (Lipinski definition) is 3. The SMILES string of the molecule is CC(N)CC(C)Nc1nc[nH]c(=O)c1I. The average Bonchev–Trinajstić information content (AvgIpc) is 2.11. The maximum atomic E-state index is 11.3. The maximum absolute atomic E-state index is 11.3. The maximum Gasteiger partial charge on any atom is 0.266 e. The Balaban J connectivity index is 2.72. The van der Waals surface area contributed by atoms with Gasteiger partial charge in [0.05, 0.1) is 6.33 Å². The lowest BCUT2D eigenvalue weighted by Gasteiger charge is -2.16. The van der Waals surface area contributed by atoms with E-state index in [4.69, 9.17) is 5.73 Å². The van der Waals surface area contributed by atoms with Crippen LogP contribution in [0.4, 0.5) is 5.82 Å². The fourth-order valence-corrected chi connectivity index (χ4v) is 1.78. The first-order chi connectivity index (χ1) is 7.00. The number of anilines is 1. The largest absolute Gasteiger partial charge is 0.366 e. The fraction of sp³-hybridized carbons (Fsp3) is 0.556. The van der Waals surface area contributed by atoms with E-state index in [1.54, 1.807) is 0 Å². The van der Waals surface area contributed by atoms with E-state index >= 15 is 0 Å². The van der Waals surface area contributed by atoms with Crippen molar-refractivity contribution in [1.82, 2.24) is 9.97 Å². The molecule has 2 unspecified atom stereocenters. The molecule has 2 atom stereocenters. The highest BCUT2D eigenvalue weighted by molar-refractivity contribution is 14.1. The van der Waals surface area contributed by atoms with Gasteiger partial charge in [0.2, 0.25) is 0 Å². The van der Waals surface area contributed by atoms with Gasteiger partial charge in [-0.15, -0.1) is 0 Å². The number of H-pyrrole nitrogens is 1.